The molecule has 0 aliphatic heterocycles. The number of aromatic nitrogens is 1. The average molecular weight is 502 g/mol. The van der Waals surface area contributed by atoms with Crippen molar-refractivity contribution in [3.8, 4) is 0 Å². The lowest BCUT2D eigenvalue weighted by atomic mass is 10.2. The van der Waals surface area contributed by atoms with Crippen molar-refractivity contribution in [2.45, 2.75) is 13.0 Å². The first-order valence-corrected chi connectivity index (χ1v) is 8.79. The number of rotatable bonds is 7. The molecular weight excluding hydrogens is 477 g/mol. The Hall–Kier alpha value is -1.87. The van der Waals surface area contributed by atoms with Crippen molar-refractivity contribution < 1.29 is 4.79 Å². The predicted molar refractivity (Wildman–Crippen MR) is 121 cm³/mol. The molecule has 2 N–H and O–H groups in total. The Morgan fingerprint density at radius 1 is 1.19 bits per heavy atom. The monoisotopic (exact) mass is 501 g/mol. The number of carbonyl (C=O) groups excluding carboxylic acids is 1. The molecule has 0 unspecified atom stereocenters. The highest BCUT2D eigenvalue weighted by atomic mass is 127. The molecule has 0 aliphatic rings. The summed E-state index contributed by atoms with van der Waals surface area (Å²) in [4.78, 5) is 22.3. The lowest BCUT2D eigenvalue weighted by Crippen LogP contribution is -2.43. The van der Waals surface area contributed by atoms with Gasteiger partial charge < -0.3 is 15.5 Å². The molecule has 0 fully saturated rings. The maximum atomic E-state index is 12.3. The van der Waals surface area contributed by atoms with Gasteiger partial charge in [0.05, 0.1) is 6.54 Å². The van der Waals surface area contributed by atoms with Gasteiger partial charge in [-0.1, -0.05) is 35.9 Å². The summed E-state index contributed by atoms with van der Waals surface area (Å²) in [5.41, 5.74) is 1.94. The fourth-order valence-electron chi connectivity index (χ4n) is 2.29. The molecule has 1 heterocycles. The molecule has 146 valence electrons. The van der Waals surface area contributed by atoms with Crippen LogP contribution in [-0.2, 0) is 17.8 Å². The number of benzene rings is 1. The maximum absolute atomic E-state index is 12.3. The summed E-state index contributed by atoms with van der Waals surface area (Å²) in [7, 11) is 3.45. The van der Waals surface area contributed by atoms with E-state index in [0.717, 1.165) is 17.7 Å². The Balaban J connectivity index is 0.00000364. The molecule has 0 saturated carbocycles. The van der Waals surface area contributed by atoms with Crippen LogP contribution in [0.5, 0.6) is 0 Å². The minimum absolute atomic E-state index is 0. The third kappa shape index (κ3) is 8.13. The summed E-state index contributed by atoms with van der Waals surface area (Å²) in [6.07, 6.45) is 2.48. The van der Waals surface area contributed by atoms with Crippen LogP contribution in [0.2, 0.25) is 5.02 Å². The predicted octanol–water partition coefficient (Wildman–Crippen LogP) is 2.72. The number of hydrogen-bond donors (Lipinski definition) is 2. The minimum Gasteiger partial charge on any atom is -0.352 e. The number of carbonyl (C=O) groups is 1. The van der Waals surface area contributed by atoms with Gasteiger partial charge in [-0.05, 0) is 23.8 Å². The van der Waals surface area contributed by atoms with E-state index in [2.05, 4.69) is 20.6 Å². The molecule has 1 aromatic carbocycles. The molecular formula is C19H25ClIN5O. The zero-order valence-corrected chi connectivity index (χ0v) is 18.6. The molecule has 0 atom stereocenters. The molecule has 1 amide bonds. The van der Waals surface area contributed by atoms with Crippen LogP contribution in [-0.4, -0.2) is 48.9 Å². The van der Waals surface area contributed by atoms with Gasteiger partial charge in [0.1, 0.15) is 0 Å². The molecule has 0 spiro atoms. The fraction of sp³-hybridized carbons (Fsp3) is 0.316. The van der Waals surface area contributed by atoms with E-state index in [1.54, 1.807) is 25.2 Å². The number of halogens is 2. The highest BCUT2D eigenvalue weighted by Gasteiger charge is 2.10. The number of aliphatic imine (C=N–C) groups is 1. The Morgan fingerprint density at radius 2 is 1.93 bits per heavy atom. The van der Waals surface area contributed by atoms with E-state index in [0.29, 0.717) is 24.1 Å². The van der Waals surface area contributed by atoms with Gasteiger partial charge in [-0.2, -0.15) is 0 Å². The van der Waals surface area contributed by atoms with Gasteiger partial charge in [-0.25, -0.2) is 0 Å². The molecule has 0 radical (unpaired) electrons. The Morgan fingerprint density at radius 3 is 2.59 bits per heavy atom. The lowest BCUT2D eigenvalue weighted by molar-refractivity contribution is -0.128. The van der Waals surface area contributed by atoms with Gasteiger partial charge in [0.2, 0.25) is 5.91 Å². The third-order valence-corrected chi connectivity index (χ3v) is 4.26. The Bertz CT molecular complexity index is 742. The normalized spacial score (nSPS) is 10.7. The van der Waals surface area contributed by atoms with Crippen LogP contribution >= 0.6 is 35.6 Å². The van der Waals surface area contributed by atoms with Crippen LogP contribution in [0.15, 0.2) is 53.7 Å². The standard InChI is InChI=1S/C19H24ClN5O.HI/c1-21-19(23-13-15-7-3-4-9-17(15)20)24-14-18(26)25(2)12-10-16-8-5-6-11-22-16;/h3-9,11H,10,12-14H2,1-2H3,(H2,21,23,24);1H. The highest BCUT2D eigenvalue weighted by Crippen LogP contribution is 2.14. The summed E-state index contributed by atoms with van der Waals surface area (Å²) < 4.78 is 0. The van der Waals surface area contributed by atoms with E-state index in [9.17, 15) is 4.79 Å². The van der Waals surface area contributed by atoms with Crippen LogP contribution in [0, 0.1) is 0 Å². The van der Waals surface area contributed by atoms with Crippen molar-refractivity contribution in [3.63, 3.8) is 0 Å². The molecule has 27 heavy (non-hydrogen) atoms. The van der Waals surface area contributed by atoms with Crippen molar-refractivity contribution in [1.82, 2.24) is 20.5 Å². The Kier molecular flexibility index (Phi) is 10.7. The van der Waals surface area contributed by atoms with E-state index in [1.807, 2.05) is 42.5 Å². The SMILES string of the molecule is CN=C(NCC(=O)N(C)CCc1ccccn1)NCc1ccccc1Cl.I. The number of nitrogens with zero attached hydrogens (tertiary/aromatic N) is 3. The van der Waals surface area contributed by atoms with E-state index in [1.165, 1.54) is 0 Å². The second kappa shape index (κ2) is 12.5. The first kappa shape index (κ1) is 23.2. The smallest absolute Gasteiger partial charge is 0.241 e. The van der Waals surface area contributed by atoms with Crippen LogP contribution in [0.3, 0.4) is 0 Å². The quantitative estimate of drug-likeness (QED) is 0.348. The molecule has 6 nitrogen and oxygen atoms in total. The Labute approximate surface area is 182 Å². The van der Waals surface area contributed by atoms with Crippen LogP contribution < -0.4 is 10.6 Å². The molecule has 2 aromatic rings. The van der Waals surface area contributed by atoms with Gasteiger partial charge >= 0.3 is 0 Å². The molecule has 0 saturated heterocycles. The first-order valence-electron chi connectivity index (χ1n) is 8.42. The van der Waals surface area contributed by atoms with Crippen molar-refractivity contribution in [3.05, 3.63) is 64.9 Å². The van der Waals surface area contributed by atoms with Gasteiger partial charge in [-0.15, -0.1) is 24.0 Å². The molecule has 8 heteroatoms. The van der Waals surface area contributed by atoms with E-state index in [-0.39, 0.29) is 36.4 Å². The molecule has 2 rings (SSSR count). The topological polar surface area (TPSA) is 69.6 Å². The van der Waals surface area contributed by atoms with E-state index >= 15 is 0 Å². The third-order valence-electron chi connectivity index (χ3n) is 3.89. The van der Waals surface area contributed by atoms with Gasteiger partial charge in [0.25, 0.3) is 0 Å². The van der Waals surface area contributed by atoms with Gasteiger partial charge in [0, 0.05) is 50.5 Å². The zero-order valence-electron chi connectivity index (χ0n) is 15.5. The van der Waals surface area contributed by atoms with Gasteiger partial charge in [0.15, 0.2) is 5.96 Å². The number of likely N-dealkylation sites (N-methyl/N-ethyl adjacent to an activating group) is 1. The second-order valence-electron chi connectivity index (χ2n) is 5.76. The summed E-state index contributed by atoms with van der Waals surface area (Å²) in [6.45, 7) is 1.31. The number of pyridine rings is 1. The minimum atomic E-state index is -0.0124. The fourth-order valence-corrected chi connectivity index (χ4v) is 2.49. The largest absolute Gasteiger partial charge is 0.352 e. The van der Waals surface area contributed by atoms with E-state index in [4.69, 9.17) is 11.6 Å². The molecule has 0 bridgehead atoms. The zero-order chi connectivity index (χ0) is 18.8. The maximum Gasteiger partial charge on any atom is 0.241 e. The molecule has 1 aromatic heterocycles. The number of guanidine groups is 1. The number of nitrogens with one attached hydrogen (secondary N) is 2. The van der Waals surface area contributed by atoms with Crippen molar-refractivity contribution in [1.29, 1.82) is 0 Å². The summed E-state index contributed by atoms with van der Waals surface area (Å²) in [6, 6.07) is 13.4. The first-order chi connectivity index (χ1) is 12.6. The van der Waals surface area contributed by atoms with Crippen LogP contribution in [0.25, 0.3) is 0 Å². The van der Waals surface area contributed by atoms with Crippen molar-refractivity contribution >= 4 is 47.4 Å². The average Bonchev–Trinajstić information content (AvgIpc) is 2.68. The summed E-state index contributed by atoms with van der Waals surface area (Å²) >= 11 is 6.14. The summed E-state index contributed by atoms with van der Waals surface area (Å²) in [5.74, 6) is 0.540. The van der Waals surface area contributed by atoms with Gasteiger partial charge in [-0.3, -0.25) is 14.8 Å². The highest BCUT2D eigenvalue weighted by molar-refractivity contribution is 14.0. The summed E-state index contributed by atoms with van der Waals surface area (Å²) in [5, 5.41) is 6.87. The van der Waals surface area contributed by atoms with E-state index < -0.39 is 0 Å². The van der Waals surface area contributed by atoms with Crippen LogP contribution in [0.4, 0.5) is 0 Å². The van der Waals surface area contributed by atoms with Crippen molar-refractivity contribution in [2.75, 3.05) is 27.2 Å². The number of hydrogen-bond acceptors (Lipinski definition) is 3. The lowest BCUT2D eigenvalue weighted by Gasteiger charge is -2.18. The second-order valence-corrected chi connectivity index (χ2v) is 6.16. The van der Waals surface area contributed by atoms with Crippen molar-refractivity contribution in [2.24, 2.45) is 4.99 Å². The number of amides is 1. The molecule has 0 aliphatic carbocycles. The van der Waals surface area contributed by atoms with Crippen LogP contribution in [0.1, 0.15) is 11.3 Å².